The first-order valence-corrected chi connectivity index (χ1v) is 10.2. The zero-order chi connectivity index (χ0) is 21.7. The predicted molar refractivity (Wildman–Crippen MR) is 112 cm³/mol. The Labute approximate surface area is 177 Å². The van der Waals surface area contributed by atoms with Gasteiger partial charge in [0, 0.05) is 17.5 Å². The maximum absolute atomic E-state index is 13.9. The lowest BCUT2D eigenvalue weighted by Gasteiger charge is -2.21. The van der Waals surface area contributed by atoms with Gasteiger partial charge in [0.2, 0.25) is 5.91 Å². The van der Waals surface area contributed by atoms with E-state index in [9.17, 15) is 18.4 Å². The lowest BCUT2D eigenvalue weighted by Crippen LogP contribution is -2.47. The van der Waals surface area contributed by atoms with E-state index in [2.05, 4.69) is 15.6 Å². The van der Waals surface area contributed by atoms with E-state index in [-0.39, 0.29) is 17.3 Å². The van der Waals surface area contributed by atoms with Crippen molar-refractivity contribution in [3.8, 4) is 0 Å². The van der Waals surface area contributed by atoms with E-state index >= 15 is 0 Å². The smallest absolute Gasteiger partial charge is 0.254 e. The maximum Gasteiger partial charge on any atom is 0.254 e. The van der Waals surface area contributed by atoms with Crippen molar-refractivity contribution in [2.45, 2.75) is 26.3 Å². The van der Waals surface area contributed by atoms with E-state index in [1.165, 1.54) is 41.7 Å². The van der Waals surface area contributed by atoms with Gasteiger partial charge in [-0.3, -0.25) is 9.59 Å². The third kappa shape index (κ3) is 5.48. The van der Waals surface area contributed by atoms with Gasteiger partial charge in [0.25, 0.3) is 5.91 Å². The summed E-state index contributed by atoms with van der Waals surface area (Å²) in [6, 6.07) is 10.9. The highest BCUT2D eigenvalue weighted by atomic mass is 32.1. The largest absolute Gasteiger partial charge is 0.340 e. The third-order valence-corrected chi connectivity index (χ3v) is 5.34. The number of nitrogens with one attached hydrogen (secondary N) is 2. The minimum Gasteiger partial charge on any atom is -0.340 e. The van der Waals surface area contributed by atoms with Crippen molar-refractivity contribution >= 4 is 28.3 Å². The van der Waals surface area contributed by atoms with Crippen LogP contribution in [0.2, 0.25) is 0 Å². The fourth-order valence-corrected chi connectivity index (χ4v) is 3.68. The van der Waals surface area contributed by atoms with Crippen molar-refractivity contribution in [2.75, 3.05) is 5.32 Å². The molecular weight excluding hydrogens is 408 g/mol. The van der Waals surface area contributed by atoms with Gasteiger partial charge in [-0.15, -0.1) is 11.3 Å². The van der Waals surface area contributed by atoms with Crippen molar-refractivity contribution in [3.63, 3.8) is 0 Å². The fourth-order valence-electron chi connectivity index (χ4n) is 2.83. The highest BCUT2D eigenvalue weighted by molar-refractivity contribution is 7.15. The summed E-state index contributed by atoms with van der Waals surface area (Å²) in [5.41, 5.74) is 0.807. The van der Waals surface area contributed by atoms with Crippen LogP contribution in [0.5, 0.6) is 0 Å². The number of thiazole rings is 1. The topological polar surface area (TPSA) is 71.1 Å². The first-order valence-electron chi connectivity index (χ1n) is 9.39. The van der Waals surface area contributed by atoms with E-state index in [0.717, 1.165) is 10.4 Å². The molecule has 1 unspecified atom stereocenters. The molecule has 1 aromatic heterocycles. The number of hydrogen-bond acceptors (Lipinski definition) is 4. The highest BCUT2D eigenvalue weighted by Gasteiger charge is 2.26. The molecule has 2 amide bonds. The van der Waals surface area contributed by atoms with E-state index in [4.69, 9.17) is 0 Å². The molecule has 0 saturated carbocycles. The number of carbonyl (C=O) groups excluding carboxylic acids is 2. The van der Waals surface area contributed by atoms with E-state index in [1.54, 1.807) is 38.2 Å². The van der Waals surface area contributed by atoms with Crippen LogP contribution < -0.4 is 10.6 Å². The molecule has 0 spiro atoms. The Kier molecular flexibility index (Phi) is 6.89. The molecule has 1 heterocycles. The van der Waals surface area contributed by atoms with Crippen molar-refractivity contribution < 1.29 is 18.4 Å². The summed E-state index contributed by atoms with van der Waals surface area (Å²) < 4.78 is 26.9. The van der Waals surface area contributed by atoms with Crippen LogP contribution in [0.3, 0.4) is 0 Å². The van der Waals surface area contributed by atoms with E-state index in [1.807, 2.05) is 0 Å². The van der Waals surface area contributed by atoms with Crippen molar-refractivity contribution in [3.05, 3.63) is 82.4 Å². The van der Waals surface area contributed by atoms with Crippen LogP contribution in [0, 0.1) is 17.6 Å². The van der Waals surface area contributed by atoms with E-state index in [0.29, 0.717) is 11.6 Å². The van der Waals surface area contributed by atoms with Gasteiger partial charge in [0.15, 0.2) is 5.13 Å². The summed E-state index contributed by atoms with van der Waals surface area (Å²) in [4.78, 5) is 30.2. The predicted octanol–water partition coefficient (Wildman–Crippen LogP) is 4.41. The van der Waals surface area contributed by atoms with Gasteiger partial charge in [-0.05, 0) is 35.7 Å². The monoisotopic (exact) mass is 429 g/mol. The number of hydrogen-bond donors (Lipinski definition) is 2. The first-order chi connectivity index (χ1) is 14.3. The van der Waals surface area contributed by atoms with Gasteiger partial charge < -0.3 is 10.6 Å². The van der Waals surface area contributed by atoms with Gasteiger partial charge in [0.05, 0.1) is 5.56 Å². The Morgan fingerprint density at radius 3 is 2.43 bits per heavy atom. The molecule has 0 aliphatic rings. The molecule has 0 aliphatic heterocycles. The second-order valence-corrected chi connectivity index (χ2v) is 8.21. The molecule has 5 nitrogen and oxygen atoms in total. The van der Waals surface area contributed by atoms with Crippen LogP contribution in [0.1, 0.15) is 34.6 Å². The summed E-state index contributed by atoms with van der Waals surface area (Å²) in [6.07, 6.45) is 2.21. The number of rotatable bonds is 7. The van der Waals surface area contributed by atoms with Gasteiger partial charge in [0.1, 0.15) is 17.7 Å². The third-order valence-electron chi connectivity index (χ3n) is 4.43. The SMILES string of the molecule is CC(C)C(NC(=O)c1ccccc1F)C(=O)Nc1ncc(Cc2ccc(F)cc2)s1. The standard InChI is InChI=1S/C22H21F2N3O2S/c1-13(2)19(26-20(28)17-5-3-4-6-18(17)24)21(29)27-22-25-12-16(30-22)11-14-7-9-15(23)10-8-14/h3-10,12-13,19H,11H2,1-2H3,(H,26,28)(H,25,27,29). The second kappa shape index (κ2) is 9.58. The minimum absolute atomic E-state index is 0.119. The zero-order valence-electron chi connectivity index (χ0n) is 16.5. The fraction of sp³-hybridized carbons (Fsp3) is 0.227. The molecule has 0 fully saturated rings. The van der Waals surface area contributed by atoms with Crippen LogP contribution >= 0.6 is 11.3 Å². The summed E-state index contributed by atoms with van der Waals surface area (Å²) in [5, 5.41) is 5.70. The van der Waals surface area contributed by atoms with Crippen LogP contribution in [0.25, 0.3) is 0 Å². The van der Waals surface area contributed by atoms with Crippen molar-refractivity contribution in [1.29, 1.82) is 0 Å². The molecule has 0 aliphatic carbocycles. The second-order valence-electron chi connectivity index (χ2n) is 7.10. The normalized spacial score (nSPS) is 11.9. The Bertz CT molecular complexity index is 1030. The first kappa shape index (κ1) is 21.6. The molecule has 0 bridgehead atoms. The van der Waals surface area contributed by atoms with Crippen molar-refractivity contribution in [2.24, 2.45) is 5.92 Å². The minimum atomic E-state index is -0.860. The summed E-state index contributed by atoms with van der Waals surface area (Å²) >= 11 is 1.30. The quantitative estimate of drug-likeness (QED) is 0.585. The molecule has 2 aromatic carbocycles. The van der Waals surface area contributed by atoms with Crippen molar-refractivity contribution in [1.82, 2.24) is 10.3 Å². The summed E-state index contributed by atoms with van der Waals surface area (Å²) in [6.45, 7) is 3.57. The number of carbonyl (C=O) groups is 2. The maximum atomic E-state index is 13.9. The molecule has 30 heavy (non-hydrogen) atoms. The molecule has 2 N–H and O–H groups in total. The lowest BCUT2D eigenvalue weighted by atomic mass is 10.0. The molecule has 0 saturated heterocycles. The van der Waals surface area contributed by atoms with Gasteiger partial charge >= 0.3 is 0 Å². The zero-order valence-corrected chi connectivity index (χ0v) is 17.3. The highest BCUT2D eigenvalue weighted by Crippen LogP contribution is 2.22. The number of halogens is 2. The molecule has 0 radical (unpaired) electrons. The van der Waals surface area contributed by atoms with Gasteiger partial charge in [-0.1, -0.05) is 38.1 Å². The van der Waals surface area contributed by atoms with Crippen LogP contribution in [0.4, 0.5) is 13.9 Å². The van der Waals surface area contributed by atoms with Gasteiger partial charge in [-0.25, -0.2) is 13.8 Å². The Morgan fingerprint density at radius 1 is 1.07 bits per heavy atom. The number of anilines is 1. The number of aromatic nitrogens is 1. The summed E-state index contributed by atoms with van der Waals surface area (Å²) in [5.74, 6) is -2.26. The molecule has 156 valence electrons. The summed E-state index contributed by atoms with van der Waals surface area (Å²) in [7, 11) is 0. The van der Waals surface area contributed by atoms with Crippen LogP contribution in [-0.4, -0.2) is 22.8 Å². The molecule has 1 atom stereocenters. The van der Waals surface area contributed by atoms with E-state index < -0.39 is 23.7 Å². The lowest BCUT2D eigenvalue weighted by molar-refractivity contribution is -0.118. The molecule has 3 aromatic rings. The van der Waals surface area contributed by atoms with Crippen LogP contribution in [0.15, 0.2) is 54.7 Å². The Hall–Kier alpha value is -3.13. The number of nitrogens with zero attached hydrogens (tertiary/aromatic N) is 1. The van der Waals surface area contributed by atoms with Gasteiger partial charge in [-0.2, -0.15) is 0 Å². The Morgan fingerprint density at radius 2 is 1.77 bits per heavy atom. The molecular formula is C22H21F2N3O2S. The molecule has 3 rings (SSSR count). The average Bonchev–Trinajstić information content (AvgIpc) is 3.14. The molecule has 8 heteroatoms. The Balaban J connectivity index is 1.65. The average molecular weight is 429 g/mol. The number of amides is 2. The van der Waals surface area contributed by atoms with Crippen LogP contribution in [-0.2, 0) is 11.2 Å². The number of benzene rings is 2.